The molecule has 2 aromatic carbocycles. The van der Waals surface area contributed by atoms with Gasteiger partial charge in [-0.25, -0.2) is 14.2 Å². The third-order valence-electron chi connectivity index (χ3n) is 8.50. The Labute approximate surface area is 310 Å². The van der Waals surface area contributed by atoms with E-state index in [9.17, 15) is 19.6 Å². The molecule has 1 saturated heterocycles. The number of aliphatic hydroxyl groups is 2. The van der Waals surface area contributed by atoms with Crippen LogP contribution in [0.3, 0.4) is 0 Å². The highest BCUT2D eigenvalue weighted by molar-refractivity contribution is 7.98. The maximum Gasteiger partial charge on any atom is 0.405 e. The number of H-pyrrole nitrogens is 2. The summed E-state index contributed by atoms with van der Waals surface area (Å²) >= 11 is 7.68. The lowest BCUT2D eigenvalue weighted by Gasteiger charge is -2.22. The van der Waals surface area contributed by atoms with Gasteiger partial charge in [-0.3, -0.25) is 23.4 Å². The predicted octanol–water partition coefficient (Wildman–Crippen LogP) is 3.99. The number of imidazole rings is 1. The standard InChI is InChI=1S/C33H41ClN7O8PS.CH3/c1-51-17-5-4-15-47-50(45,37-13-12-21-18-36-25-7-3-2-6-24(21)25)48-19-26-28(42)29(43)32(49-26)41-20-40(27-30(41)38-33(35)39-31(27)44)14-16-46-23-10-8-22(34)9-11-23;/h2-3,6-11,18,20,26,28-29,32,36,42-43H,4-5,12-17,19H2,1H3,(H3-,35,37,38,39,44,45);1H3/q;-1/p+1/t26-,28+,29?,32-,50?;/m1./s1. The van der Waals surface area contributed by atoms with Crippen LogP contribution < -0.4 is 25.7 Å². The zero-order chi connectivity index (χ0) is 36.0. The minimum absolute atomic E-state index is 0. The van der Waals surface area contributed by atoms with Gasteiger partial charge in [0.25, 0.3) is 11.5 Å². The summed E-state index contributed by atoms with van der Waals surface area (Å²) in [5.74, 6) is 1.40. The van der Waals surface area contributed by atoms with E-state index >= 15 is 0 Å². The zero-order valence-corrected chi connectivity index (χ0v) is 31.4. The number of thioether (sulfide) groups is 1. The second-order valence-electron chi connectivity index (χ2n) is 12.0. The molecule has 3 aromatic heterocycles. The summed E-state index contributed by atoms with van der Waals surface area (Å²) in [6.07, 6.45) is 2.41. The number of para-hydroxylation sites is 1. The number of aromatic amines is 2. The minimum atomic E-state index is -3.87. The minimum Gasteiger partial charge on any atom is -0.490 e. The highest BCUT2D eigenvalue weighted by Gasteiger charge is 2.48. The molecule has 0 aliphatic carbocycles. The zero-order valence-electron chi connectivity index (χ0n) is 28.9. The maximum absolute atomic E-state index is 13.9. The Balaban J connectivity index is 0.00000523. The van der Waals surface area contributed by atoms with Gasteiger partial charge in [0.2, 0.25) is 11.7 Å². The largest absolute Gasteiger partial charge is 0.490 e. The lowest BCUT2D eigenvalue weighted by atomic mass is 10.1. The van der Waals surface area contributed by atoms with Crippen molar-refractivity contribution in [3.8, 4) is 5.75 Å². The number of ether oxygens (including phenoxy) is 2. The Kier molecular flexibility index (Phi) is 13.8. The van der Waals surface area contributed by atoms with E-state index in [0.29, 0.717) is 30.2 Å². The molecule has 0 spiro atoms. The van der Waals surface area contributed by atoms with Crippen molar-refractivity contribution in [2.45, 2.75) is 50.3 Å². The van der Waals surface area contributed by atoms with Crippen molar-refractivity contribution in [1.29, 1.82) is 0 Å². The molecular formula is C34H45ClN7O8PS. The van der Waals surface area contributed by atoms with Gasteiger partial charge >= 0.3 is 13.4 Å². The van der Waals surface area contributed by atoms with Gasteiger partial charge < -0.3 is 37.8 Å². The Hall–Kier alpha value is -3.44. The normalized spacial score (nSPS) is 19.9. The molecule has 0 amide bonds. The van der Waals surface area contributed by atoms with Crippen LogP contribution in [0.15, 0.2) is 65.8 Å². The molecule has 1 aliphatic rings. The number of benzene rings is 2. The number of unbranched alkanes of at least 4 members (excludes halogenated alkanes) is 1. The summed E-state index contributed by atoms with van der Waals surface area (Å²) in [5.41, 5.74) is 7.72. The second-order valence-corrected chi connectivity index (χ2v) is 15.3. The molecule has 4 heterocycles. The van der Waals surface area contributed by atoms with Crippen LogP contribution in [0, 0.1) is 7.43 Å². The Morgan fingerprint density at radius 2 is 1.92 bits per heavy atom. The van der Waals surface area contributed by atoms with Crippen molar-refractivity contribution < 1.29 is 37.9 Å². The molecule has 18 heteroatoms. The Morgan fingerprint density at radius 1 is 1.13 bits per heavy atom. The lowest BCUT2D eigenvalue weighted by molar-refractivity contribution is -0.746. The van der Waals surface area contributed by atoms with E-state index in [0.717, 1.165) is 28.6 Å². The molecule has 6 rings (SSSR count). The number of fused-ring (bicyclic) bond motifs is 2. The molecule has 7 N–H and O–H groups in total. The van der Waals surface area contributed by atoms with Gasteiger partial charge in [0.05, 0.1) is 13.2 Å². The van der Waals surface area contributed by atoms with Crippen LogP contribution in [0.5, 0.6) is 5.75 Å². The first-order valence-corrected chi connectivity index (χ1v) is 19.8. The average molecular weight is 778 g/mol. The van der Waals surface area contributed by atoms with E-state index in [-0.39, 0.29) is 50.9 Å². The van der Waals surface area contributed by atoms with Gasteiger partial charge in [0.15, 0.2) is 6.33 Å². The van der Waals surface area contributed by atoms with Gasteiger partial charge in [-0.2, -0.15) is 11.8 Å². The van der Waals surface area contributed by atoms with Crippen LogP contribution in [-0.2, 0) is 31.3 Å². The molecule has 0 bridgehead atoms. The van der Waals surface area contributed by atoms with Crippen LogP contribution >= 0.6 is 31.1 Å². The molecule has 0 radical (unpaired) electrons. The summed E-state index contributed by atoms with van der Waals surface area (Å²) in [4.78, 5) is 23.1. The quantitative estimate of drug-likeness (QED) is 0.0324. The number of nitrogens with zero attached hydrogens (tertiary/aromatic N) is 3. The summed E-state index contributed by atoms with van der Waals surface area (Å²) < 4.78 is 40.5. The van der Waals surface area contributed by atoms with Crippen LogP contribution in [0.2, 0.25) is 5.02 Å². The number of aliphatic hydroxyl groups excluding tert-OH is 2. The average Bonchev–Trinajstić information content (AvgIpc) is 3.78. The molecule has 5 aromatic rings. The van der Waals surface area contributed by atoms with Crippen LogP contribution in [-0.4, -0.2) is 86.4 Å². The molecule has 1 fully saturated rings. The number of nitrogen functional groups attached to an aromatic ring is 1. The van der Waals surface area contributed by atoms with E-state index < -0.39 is 37.8 Å². The van der Waals surface area contributed by atoms with Gasteiger partial charge in [0, 0.05) is 28.7 Å². The molecule has 15 nitrogen and oxygen atoms in total. The third-order valence-corrected chi connectivity index (χ3v) is 11.1. The number of hydrogen-bond donors (Lipinski definition) is 6. The van der Waals surface area contributed by atoms with Crippen LogP contribution in [0.4, 0.5) is 5.95 Å². The number of aromatic nitrogens is 5. The van der Waals surface area contributed by atoms with Crippen molar-refractivity contribution in [1.82, 2.24) is 24.6 Å². The first-order chi connectivity index (χ1) is 24.7. The SMILES string of the molecule is CSCCCCOP(=O)(NCCc1c[nH]c2ccccc12)OC[C@H]1O[C@@H]([n+]2cn(CCOc3ccc(Cl)cc3)c3c(=O)[nH]c(N)nc32)C(O)[C@H]1O.[CH3-]. The third kappa shape index (κ3) is 9.37. The first-order valence-electron chi connectivity index (χ1n) is 16.5. The maximum atomic E-state index is 13.9. The Bertz CT molecular complexity index is 2030. The lowest BCUT2D eigenvalue weighted by Crippen LogP contribution is -2.46. The van der Waals surface area contributed by atoms with E-state index in [1.807, 2.05) is 36.7 Å². The summed E-state index contributed by atoms with van der Waals surface area (Å²) in [7, 11) is -3.87. The predicted molar refractivity (Wildman–Crippen MR) is 201 cm³/mol. The second kappa shape index (κ2) is 18.1. The van der Waals surface area contributed by atoms with Crippen molar-refractivity contribution in [3.05, 3.63) is 89.4 Å². The molecule has 1 aliphatic heterocycles. The van der Waals surface area contributed by atoms with E-state index in [2.05, 4.69) is 20.0 Å². The van der Waals surface area contributed by atoms with Crippen LogP contribution in [0.1, 0.15) is 24.6 Å². The topological polar surface area (TPSA) is 203 Å². The highest BCUT2D eigenvalue weighted by atomic mass is 35.5. The first kappa shape index (κ1) is 39.8. The number of nitrogens with one attached hydrogen (secondary N) is 3. The summed E-state index contributed by atoms with van der Waals surface area (Å²) in [6, 6.07) is 14.8. The van der Waals surface area contributed by atoms with Gasteiger partial charge in [-0.1, -0.05) is 34.8 Å². The van der Waals surface area contributed by atoms with E-state index in [4.69, 9.17) is 35.9 Å². The smallest absolute Gasteiger partial charge is 0.405 e. The summed E-state index contributed by atoms with van der Waals surface area (Å²) in [5, 5.41) is 26.8. The molecule has 52 heavy (non-hydrogen) atoms. The number of rotatable bonds is 18. The summed E-state index contributed by atoms with van der Waals surface area (Å²) in [6.45, 7) is 0.543. The highest BCUT2D eigenvalue weighted by Crippen LogP contribution is 2.45. The van der Waals surface area contributed by atoms with Crippen LogP contribution in [0.25, 0.3) is 22.1 Å². The van der Waals surface area contributed by atoms with Crippen molar-refractivity contribution in [2.75, 3.05) is 44.1 Å². The van der Waals surface area contributed by atoms with Gasteiger partial charge in [-0.15, -0.1) is 0 Å². The molecule has 0 saturated carbocycles. The van der Waals surface area contributed by atoms with Gasteiger partial charge in [0.1, 0.15) is 37.2 Å². The van der Waals surface area contributed by atoms with E-state index in [1.54, 1.807) is 40.6 Å². The van der Waals surface area contributed by atoms with Crippen molar-refractivity contribution in [2.24, 2.45) is 0 Å². The Morgan fingerprint density at radius 3 is 2.71 bits per heavy atom. The molecule has 2 unspecified atom stereocenters. The fraction of sp³-hybridized carbons (Fsp3) is 0.412. The van der Waals surface area contributed by atoms with Crippen molar-refractivity contribution >= 4 is 59.1 Å². The fourth-order valence-electron chi connectivity index (χ4n) is 5.92. The number of hydrogen-bond acceptors (Lipinski definition) is 11. The van der Waals surface area contributed by atoms with Crippen molar-refractivity contribution in [3.63, 3.8) is 0 Å². The number of nitrogens with two attached hydrogens (primary N) is 1. The fourth-order valence-corrected chi connectivity index (χ4v) is 7.89. The monoisotopic (exact) mass is 777 g/mol. The number of anilines is 1. The van der Waals surface area contributed by atoms with E-state index in [1.165, 1.54) is 10.9 Å². The molecule has 282 valence electrons. The molecule has 5 atom stereocenters. The number of halogens is 1. The molecular weight excluding hydrogens is 733 g/mol. The van der Waals surface area contributed by atoms with Gasteiger partial charge in [-0.05, 0) is 67.2 Å².